The number of nitrogens with one attached hydrogen (secondary N) is 1. The lowest BCUT2D eigenvalue weighted by Gasteiger charge is -2.21. The van der Waals surface area contributed by atoms with Gasteiger partial charge in [-0.3, -0.25) is 4.79 Å². The maximum Gasteiger partial charge on any atom is 0.217 e. The van der Waals surface area contributed by atoms with E-state index in [0.29, 0.717) is 5.13 Å². The first kappa shape index (κ1) is 14.5. The Bertz CT molecular complexity index is 527. The summed E-state index contributed by atoms with van der Waals surface area (Å²) in [4.78, 5) is 16.5. The van der Waals surface area contributed by atoms with Crippen LogP contribution in [-0.4, -0.2) is 10.9 Å². The summed E-state index contributed by atoms with van der Waals surface area (Å²) in [6.07, 6.45) is 3.11. The number of thiazole rings is 1. The number of hydrogen-bond donors (Lipinski definition) is 2. The zero-order chi connectivity index (χ0) is 14.4. The van der Waals surface area contributed by atoms with Gasteiger partial charge in [0.1, 0.15) is 0 Å². The zero-order valence-corrected chi connectivity index (χ0v) is 12.3. The average molecular weight is 289 g/mol. The largest absolute Gasteiger partial charge is 0.375 e. The van der Waals surface area contributed by atoms with Gasteiger partial charge in [-0.25, -0.2) is 4.98 Å². The summed E-state index contributed by atoms with van der Waals surface area (Å²) in [5, 5.41) is 3.50. The Morgan fingerprint density at radius 2 is 1.90 bits per heavy atom. The fourth-order valence-corrected chi connectivity index (χ4v) is 3.14. The van der Waals surface area contributed by atoms with Crippen LogP contribution < -0.4 is 11.1 Å². The number of aryl methyl sites for hydroxylation is 1. The third kappa shape index (κ3) is 4.06. The molecular weight excluding hydrogens is 270 g/mol. The summed E-state index contributed by atoms with van der Waals surface area (Å²) in [6.45, 7) is 1.53. The minimum absolute atomic E-state index is 0.00517. The summed E-state index contributed by atoms with van der Waals surface area (Å²) in [5.41, 5.74) is 6.63. The maximum atomic E-state index is 11.0. The highest BCUT2D eigenvalue weighted by Crippen LogP contribution is 2.33. The summed E-state index contributed by atoms with van der Waals surface area (Å²) in [5.74, 6) is -0.00517. The number of benzene rings is 1. The van der Waals surface area contributed by atoms with Crippen LogP contribution in [0.4, 0.5) is 5.13 Å². The lowest BCUT2D eigenvalue weighted by Crippen LogP contribution is -2.28. The third-order valence-corrected chi connectivity index (χ3v) is 3.98. The molecule has 4 nitrogen and oxygen atoms in total. The first-order valence-corrected chi connectivity index (χ1v) is 7.50. The SMILES string of the molecule is CC(=O)NC1CCCc2sc(N)nc21.c1ccccc1. The van der Waals surface area contributed by atoms with Gasteiger partial charge >= 0.3 is 0 Å². The van der Waals surface area contributed by atoms with Crippen LogP contribution in [0.3, 0.4) is 0 Å². The standard InChI is InChI=1S/C9H13N3OS.C6H6/c1-5(13)11-6-3-2-4-7-8(6)12-9(10)14-7;1-2-4-6-5-3-1/h6H,2-4H2,1H3,(H2,10,12)(H,11,13);1-6H. The third-order valence-electron chi connectivity index (χ3n) is 3.01. The molecule has 0 fully saturated rings. The molecule has 1 heterocycles. The number of nitrogens with zero attached hydrogens (tertiary/aromatic N) is 1. The molecule has 1 aliphatic rings. The van der Waals surface area contributed by atoms with Crippen LogP contribution >= 0.6 is 11.3 Å². The highest BCUT2D eigenvalue weighted by molar-refractivity contribution is 7.15. The van der Waals surface area contributed by atoms with Gasteiger partial charge in [0.25, 0.3) is 0 Å². The van der Waals surface area contributed by atoms with E-state index in [2.05, 4.69) is 10.3 Å². The van der Waals surface area contributed by atoms with Gasteiger partial charge in [-0.1, -0.05) is 36.4 Å². The summed E-state index contributed by atoms with van der Waals surface area (Å²) in [7, 11) is 0. The van der Waals surface area contributed by atoms with Gasteiger partial charge in [0, 0.05) is 11.8 Å². The van der Waals surface area contributed by atoms with Crippen molar-refractivity contribution >= 4 is 22.4 Å². The molecule has 20 heavy (non-hydrogen) atoms. The molecule has 0 spiro atoms. The number of carbonyl (C=O) groups is 1. The van der Waals surface area contributed by atoms with Crippen molar-refractivity contribution in [3.05, 3.63) is 47.0 Å². The van der Waals surface area contributed by atoms with E-state index in [0.717, 1.165) is 25.0 Å². The van der Waals surface area contributed by atoms with E-state index in [1.54, 1.807) is 0 Å². The Kier molecular flexibility index (Phi) is 5.12. The molecule has 0 bridgehead atoms. The fraction of sp³-hybridized carbons (Fsp3) is 0.333. The molecule has 1 aromatic heterocycles. The number of nitrogen functional groups attached to an aromatic ring is 1. The van der Waals surface area contributed by atoms with E-state index in [-0.39, 0.29) is 11.9 Å². The van der Waals surface area contributed by atoms with Crippen molar-refractivity contribution in [1.29, 1.82) is 0 Å². The summed E-state index contributed by atoms with van der Waals surface area (Å²) >= 11 is 1.54. The van der Waals surface area contributed by atoms with Crippen molar-refractivity contribution < 1.29 is 4.79 Å². The molecule has 0 saturated carbocycles. The molecular formula is C15H19N3OS. The predicted molar refractivity (Wildman–Crippen MR) is 82.5 cm³/mol. The number of rotatable bonds is 1. The van der Waals surface area contributed by atoms with E-state index >= 15 is 0 Å². The molecule has 1 aliphatic carbocycles. The Morgan fingerprint density at radius 1 is 1.30 bits per heavy atom. The van der Waals surface area contributed by atoms with Crippen LogP contribution in [0.2, 0.25) is 0 Å². The van der Waals surface area contributed by atoms with E-state index < -0.39 is 0 Å². The average Bonchev–Trinajstić information content (AvgIpc) is 2.82. The van der Waals surface area contributed by atoms with Crippen molar-refractivity contribution in [2.45, 2.75) is 32.2 Å². The van der Waals surface area contributed by atoms with Gasteiger partial charge in [-0.05, 0) is 19.3 Å². The first-order chi connectivity index (χ1) is 9.66. The summed E-state index contributed by atoms with van der Waals surface area (Å²) in [6, 6.07) is 12.1. The van der Waals surface area contributed by atoms with E-state index in [1.807, 2.05) is 36.4 Å². The smallest absolute Gasteiger partial charge is 0.217 e. The lowest BCUT2D eigenvalue weighted by atomic mass is 9.98. The highest BCUT2D eigenvalue weighted by atomic mass is 32.1. The van der Waals surface area contributed by atoms with Crippen LogP contribution in [-0.2, 0) is 11.2 Å². The van der Waals surface area contributed by atoms with Gasteiger partial charge in [0.05, 0.1) is 11.7 Å². The maximum absolute atomic E-state index is 11.0. The van der Waals surface area contributed by atoms with Gasteiger partial charge < -0.3 is 11.1 Å². The number of carbonyl (C=O) groups excluding carboxylic acids is 1. The molecule has 3 N–H and O–H groups in total. The Morgan fingerprint density at radius 3 is 2.45 bits per heavy atom. The summed E-state index contributed by atoms with van der Waals surface area (Å²) < 4.78 is 0. The fourth-order valence-electron chi connectivity index (χ4n) is 2.21. The first-order valence-electron chi connectivity index (χ1n) is 6.69. The van der Waals surface area contributed by atoms with Crippen LogP contribution in [0.15, 0.2) is 36.4 Å². The minimum Gasteiger partial charge on any atom is -0.375 e. The topological polar surface area (TPSA) is 68.0 Å². The monoisotopic (exact) mass is 289 g/mol. The van der Waals surface area contributed by atoms with Gasteiger partial charge in [-0.15, -0.1) is 11.3 Å². The van der Waals surface area contributed by atoms with Crippen molar-refractivity contribution in [3.63, 3.8) is 0 Å². The number of fused-ring (bicyclic) bond motifs is 1. The number of hydrogen-bond acceptors (Lipinski definition) is 4. The molecule has 106 valence electrons. The van der Waals surface area contributed by atoms with E-state index in [9.17, 15) is 4.79 Å². The molecule has 0 saturated heterocycles. The number of aromatic nitrogens is 1. The van der Waals surface area contributed by atoms with Crippen molar-refractivity contribution in [3.8, 4) is 0 Å². The normalized spacial score (nSPS) is 16.6. The minimum atomic E-state index is -0.00517. The number of amides is 1. The Hall–Kier alpha value is -1.88. The van der Waals surface area contributed by atoms with Gasteiger partial charge in [0.2, 0.25) is 5.91 Å². The molecule has 0 radical (unpaired) electrons. The second kappa shape index (κ2) is 7.05. The molecule has 1 amide bonds. The molecule has 1 unspecified atom stereocenters. The molecule has 5 heteroatoms. The molecule has 3 rings (SSSR count). The second-order valence-corrected chi connectivity index (χ2v) is 5.78. The molecule has 1 atom stereocenters. The number of anilines is 1. The Balaban J connectivity index is 0.000000205. The molecule has 1 aromatic carbocycles. The molecule has 2 aromatic rings. The van der Waals surface area contributed by atoms with Crippen LogP contribution in [0.1, 0.15) is 36.4 Å². The van der Waals surface area contributed by atoms with Crippen molar-refractivity contribution in [1.82, 2.24) is 10.3 Å². The Labute approximate surface area is 123 Å². The molecule has 0 aliphatic heterocycles. The zero-order valence-electron chi connectivity index (χ0n) is 11.5. The van der Waals surface area contributed by atoms with Crippen LogP contribution in [0.5, 0.6) is 0 Å². The lowest BCUT2D eigenvalue weighted by molar-refractivity contribution is -0.119. The van der Waals surface area contributed by atoms with Gasteiger partial charge in [-0.2, -0.15) is 0 Å². The van der Waals surface area contributed by atoms with E-state index in [1.165, 1.54) is 23.1 Å². The number of nitrogens with two attached hydrogens (primary N) is 1. The van der Waals surface area contributed by atoms with Crippen LogP contribution in [0, 0.1) is 0 Å². The quantitative estimate of drug-likeness (QED) is 0.848. The van der Waals surface area contributed by atoms with Gasteiger partial charge in [0.15, 0.2) is 5.13 Å². The predicted octanol–water partition coefficient (Wildman–Crippen LogP) is 2.93. The van der Waals surface area contributed by atoms with Crippen molar-refractivity contribution in [2.75, 3.05) is 5.73 Å². The van der Waals surface area contributed by atoms with Crippen LogP contribution in [0.25, 0.3) is 0 Å². The van der Waals surface area contributed by atoms with Crippen molar-refractivity contribution in [2.24, 2.45) is 0 Å². The van der Waals surface area contributed by atoms with E-state index in [4.69, 9.17) is 5.73 Å². The highest BCUT2D eigenvalue weighted by Gasteiger charge is 2.24. The second-order valence-electron chi connectivity index (χ2n) is 4.66.